The molecule has 0 radical (unpaired) electrons. The van der Waals surface area contributed by atoms with Gasteiger partial charge in [0.15, 0.2) is 0 Å². The number of likely N-dealkylation sites (tertiary alicyclic amines) is 1. The van der Waals surface area contributed by atoms with E-state index in [1.54, 1.807) is 20.8 Å². The zero-order valence-corrected chi connectivity index (χ0v) is 16.5. The molecule has 1 fully saturated rings. The lowest BCUT2D eigenvalue weighted by atomic mass is 9.86. The average molecular weight is 434 g/mol. The number of carboxylic acid groups (broad SMARTS) is 1. The monoisotopic (exact) mass is 433 g/mol. The Morgan fingerprint density at radius 1 is 1.38 bits per heavy atom. The normalized spacial score (nSPS) is 18.7. The number of nitrogens with zero attached hydrogens (tertiary/aromatic N) is 1. The Bertz CT molecular complexity index is 705. The fourth-order valence-corrected chi connectivity index (χ4v) is 3.41. The summed E-state index contributed by atoms with van der Waals surface area (Å²) in [5, 5.41) is 9.58. The number of benzene rings is 1. The van der Waals surface area contributed by atoms with E-state index in [0.717, 1.165) is 6.07 Å². The van der Waals surface area contributed by atoms with E-state index < -0.39 is 35.2 Å². The molecule has 1 aromatic rings. The minimum atomic E-state index is -1.07. The average Bonchev–Trinajstić information content (AvgIpc) is 3.00. The molecule has 2 atom stereocenters. The summed E-state index contributed by atoms with van der Waals surface area (Å²) in [6, 6.07) is 2.36. The third-order valence-electron chi connectivity index (χ3n) is 4.32. The molecule has 8 heteroatoms. The van der Waals surface area contributed by atoms with Crippen LogP contribution in [-0.2, 0) is 16.0 Å². The van der Waals surface area contributed by atoms with Gasteiger partial charge in [-0.1, -0.05) is 6.07 Å². The fraction of sp³-hybridized carbons (Fsp3) is 0.556. The number of aliphatic carboxylic acids is 1. The summed E-state index contributed by atoms with van der Waals surface area (Å²) in [6.45, 7) is 5.89. The SMILES string of the molecule is CC(C)(C)OC(=O)N1CC[C@H]([C@H](Cc2ccc(F)c(Br)c2F)C(=O)O)C1. The smallest absolute Gasteiger partial charge is 0.410 e. The maximum absolute atomic E-state index is 14.2. The van der Waals surface area contributed by atoms with Crippen molar-refractivity contribution < 1.29 is 28.2 Å². The van der Waals surface area contributed by atoms with E-state index in [1.807, 2.05) is 0 Å². The summed E-state index contributed by atoms with van der Waals surface area (Å²) in [6.07, 6.45) is -0.0765. The minimum absolute atomic E-state index is 0.0765. The molecule has 1 aliphatic heterocycles. The van der Waals surface area contributed by atoms with Crippen molar-refractivity contribution in [2.45, 2.75) is 39.2 Å². The van der Waals surface area contributed by atoms with Gasteiger partial charge in [-0.3, -0.25) is 4.79 Å². The van der Waals surface area contributed by atoms with E-state index in [9.17, 15) is 23.5 Å². The molecule has 0 unspecified atom stereocenters. The molecule has 1 heterocycles. The molecule has 1 aliphatic rings. The van der Waals surface area contributed by atoms with E-state index in [-0.39, 0.29) is 28.9 Å². The Morgan fingerprint density at radius 2 is 2.04 bits per heavy atom. The Hall–Kier alpha value is -1.70. The summed E-state index contributed by atoms with van der Waals surface area (Å²) in [4.78, 5) is 25.3. The van der Waals surface area contributed by atoms with Crippen molar-refractivity contribution >= 4 is 28.0 Å². The Kier molecular flexibility index (Phi) is 6.26. The minimum Gasteiger partial charge on any atom is -0.481 e. The molecule has 0 aromatic heterocycles. The van der Waals surface area contributed by atoms with Crippen LogP contribution in [0.15, 0.2) is 16.6 Å². The van der Waals surface area contributed by atoms with Crippen LogP contribution in [0.1, 0.15) is 32.8 Å². The molecule has 5 nitrogen and oxygen atoms in total. The van der Waals surface area contributed by atoms with Crippen LogP contribution in [0.4, 0.5) is 13.6 Å². The number of carboxylic acids is 1. The van der Waals surface area contributed by atoms with Crippen LogP contribution in [0.2, 0.25) is 0 Å². The summed E-state index contributed by atoms with van der Waals surface area (Å²) < 4.78 is 32.6. The standard InChI is InChI=1S/C18H22BrF2NO4/c1-18(2,3)26-17(25)22-7-6-11(9-22)12(16(23)24)8-10-4-5-13(20)14(19)15(10)21/h4-5,11-12H,6-9H2,1-3H3,(H,23,24)/t11-,12-/m0/s1. The van der Waals surface area contributed by atoms with Gasteiger partial charge in [0.1, 0.15) is 17.2 Å². The number of halogens is 3. The summed E-state index contributed by atoms with van der Waals surface area (Å²) in [5.74, 6) is -3.81. The van der Waals surface area contributed by atoms with Crippen LogP contribution in [0, 0.1) is 23.5 Å². The van der Waals surface area contributed by atoms with E-state index >= 15 is 0 Å². The van der Waals surface area contributed by atoms with Gasteiger partial charge in [0, 0.05) is 13.1 Å². The number of ether oxygens (including phenoxy) is 1. The van der Waals surface area contributed by atoms with Crippen LogP contribution < -0.4 is 0 Å². The van der Waals surface area contributed by atoms with Crippen molar-refractivity contribution in [3.8, 4) is 0 Å². The number of carbonyl (C=O) groups is 2. The van der Waals surface area contributed by atoms with Gasteiger partial charge in [-0.15, -0.1) is 0 Å². The molecule has 0 saturated carbocycles. The first kappa shape index (κ1) is 20.6. The predicted octanol–water partition coefficient (Wildman–Crippen LogP) is 4.23. The van der Waals surface area contributed by atoms with E-state index in [2.05, 4.69) is 15.9 Å². The molecular formula is C18H22BrF2NO4. The van der Waals surface area contributed by atoms with Crippen LogP contribution in [0.25, 0.3) is 0 Å². The van der Waals surface area contributed by atoms with Crippen molar-refractivity contribution in [1.29, 1.82) is 0 Å². The van der Waals surface area contributed by atoms with Crippen molar-refractivity contribution in [3.63, 3.8) is 0 Å². The molecule has 2 rings (SSSR count). The molecule has 1 saturated heterocycles. The molecule has 0 aliphatic carbocycles. The second-order valence-corrected chi connectivity index (χ2v) is 8.25. The first-order chi connectivity index (χ1) is 12.0. The lowest BCUT2D eigenvalue weighted by Crippen LogP contribution is -2.36. The zero-order chi connectivity index (χ0) is 19.6. The predicted molar refractivity (Wildman–Crippen MR) is 94.8 cm³/mol. The lowest BCUT2D eigenvalue weighted by molar-refractivity contribution is -0.143. The topological polar surface area (TPSA) is 66.8 Å². The highest BCUT2D eigenvalue weighted by Crippen LogP contribution is 2.31. The Balaban J connectivity index is 2.11. The van der Waals surface area contributed by atoms with Crippen LogP contribution >= 0.6 is 15.9 Å². The summed E-state index contributed by atoms with van der Waals surface area (Å²) >= 11 is 2.83. The Morgan fingerprint density at radius 3 is 2.62 bits per heavy atom. The van der Waals surface area contributed by atoms with E-state index in [1.165, 1.54) is 11.0 Å². The highest BCUT2D eigenvalue weighted by atomic mass is 79.9. The van der Waals surface area contributed by atoms with Crippen molar-refractivity contribution in [2.24, 2.45) is 11.8 Å². The van der Waals surface area contributed by atoms with Gasteiger partial charge in [-0.25, -0.2) is 13.6 Å². The van der Waals surface area contributed by atoms with E-state index in [0.29, 0.717) is 13.0 Å². The molecule has 1 amide bonds. The molecule has 144 valence electrons. The number of rotatable bonds is 4. The quantitative estimate of drug-likeness (QED) is 0.721. The fourth-order valence-electron chi connectivity index (χ4n) is 3.02. The molecular weight excluding hydrogens is 412 g/mol. The van der Waals surface area contributed by atoms with Gasteiger partial charge < -0.3 is 14.7 Å². The second-order valence-electron chi connectivity index (χ2n) is 7.46. The Labute approximate surface area is 159 Å². The number of hydrogen-bond acceptors (Lipinski definition) is 3. The largest absolute Gasteiger partial charge is 0.481 e. The summed E-state index contributed by atoms with van der Waals surface area (Å²) in [7, 11) is 0. The third kappa shape index (κ3) is 4.93. The molecule has 1 aromatic carbocycles. The molecule has 0 spiro atoms. The van der Waals surface area contributed by atoms with Crippen LogP contribution in [-0.4, -0.2) is 40.8 Å². The third-order valence-corrected chi connectivity index (χ3v) is 5.04. The van der Waals surface area contributed by atoms with Crippen molar-refractivity contribution in [3.05, 3.63) is 33.8 Å². The van der Waals surface area contributed by atoms with Crippen molar-refractivity contribution in [1.82, 2.24) is 4.90 Å². The van der Waals surface area contributed by atoms with Crippen LogP contribution in [0.5, 0.6) is 0 Å². The molecule has 0 bridgehead atoms. The van der Waals surface area contributed by atoms with Crippen molar-refractivity contribution in [2.75, 3.05) is 13.1 Å². The summed E-state index contributed by atoms with van der Waals surface area (Å²) in [5.41, 5.74) is -0.508. The number of amides is 1. The second kappa shape index (κ2) is 7.90. The number of carbonyl (C=O) groups excluding carboxylic acids is 1. The van der Waals surface area contributed by atoms with Crippen LogP contribution in [0.3, 0.4) is 0 Å². The maximum Gasteiger partial charge on any atom is 0.410 e. The van der Waals surface area contributed by atoms with Gasteiger partial charge in [0.05, 0.1) is 10.4 Å². The first-order valence-electron chi connectivity index (χ1n) is 8.32. The zero-order valence-electron chi connectivity index (χ0n) is 14.9. The highest BCUT2D eigenvalue weighted by molar-refractivity contribution is 9.10. The van der Waals surface area contributed by atoms with Gasteiger partial charge in [0.2, 0.25) is 0 Å². The molecule has 26 heavy (non-hydrogen) atoms. The highest BCUT2D eigenvalue weighted by Gasteiger charge is 2.37. The lowest BCUT2D eigenvalue weighted by Gasteiger charge is -2.25. The van der Waals surface area contributed by atoms with Gasteiger partial charge in [-0.2, -0.15) is 0 Å². The number of hydrogen-bond donors (Lipinski definition) is 1. The van der Waals surface area contributed by atoms with Gasteiger partial charge in [0.25, 0.3) is 0 Å². The first-order valence-corrected chi connectivity index (χ1v) is 9.12. The van der Waals surface area contributed by atoms with Gasteiger partial charge in [-0.05, 0) is 67.1 Å². The van der Waals surface area contributed by atoms with Gasteiger partial charge >= 0.3 is 12.1 Å². The molecule has 1 N–H and O–H groups in total. The van der Waals surface area contributed by atoms with E-state index in [4.69, 9.17) is 4.74 Å². The maximum atomic E-state index is 14.2.